The maximum atomic E-state index is 13.8. The summed E-state index contributed by atoms with van der Waals surface area (Å²) in [7, 11) is 0. The van der Waals surface area contributed by atoms with Crippen LogP contribution in [0.1, 0.15) is 88.3 Å². The van der Waals surface area contributed by atoms with Crippen molar-refractivity contribution in [1.29, 1.82) is 0 Å². The fourth-order valence-electron chi connectivity index (χ4n) is 5.63. The van der Waals surface area contributed by atoms with E-state index in [-0.39, 0.29) is 63.1 Å². The van der Waals surface area contributed by atoms with Crippen molar-refractivity contribution in [1.82, 2.24) is 25.1 Å². The lowest BCUT2D eigenvalue weighted by molar-refractivity contribution is -0.155. The second-order valence-corrected chi connectivity index (χ2v) is 12.5. The topological polar surface area (TPSA) is 151 Å². The number of carbonyl (C=O) groups excluding carboxylic acids is 4. The monoisotopic (exact) mass is 623 g/mol. The number of esters is 1. The molecule has 0 radical (unpaired) electrons. The van der Waals surface area contributed by atoms with E-state index in [1.165, 1.54) is 4.90 Å². The molecule has 1 aliphatic heterocycles. The number of nitrogens with zero attached hydrogens (tertiary/aromatic N) is 4. The Balaban J connectivity index is 1.58. The van der Waals surface area contributed by atoms with Crippen molar-refractivity contribution < 1.29 is 33.8 Å². The first-order valence-corrected chi connectivity index (χ1v) is 15.8. The quantitative estimate of drug-likeness (QED) is 0.399. The van der Waals surface area contributed by atoms with Gasteiger partial charge in [0.25, 0.3) is 5.91 Å². The third-order valence-corrected chi connectivity index (χ3v) is 7.90. The van der Waals surface area contributed by atoms with Gasteiger partial charge < -0.3 is 29.7 Å². The van der Waals surface area contributed by atoms with E-state index in [4.69, 9.17) is 14.5 Å². The van der Waals surface area contributed by atoms with Crippen LogP contribution in [0.2, 0.25) is 0 Å². The molecule has 3 amide bonds. The number of rotatable bonds is 9. The Morgan fingerprint density at radius 2 is 1.67 bits per heavy atom. The minimum Gasteiger partial charge on any atom is -0.460 e. The molecule has 2 unspecified atom stereocenters. The minimum atomic E-state index is -1.04. The number of aliphatic hydroxyl groups is 1. The molecule has 2 aromatic rings. The second kappa shape index (κ2) is 15.3. The number of ether oxygens (including phenoxy) is 2. The zero-order chi connectivity index (χ0) is 32.6. The molecule has 4 rings (SSSR count). The summed E-state index contributed by atoms with van der Waals surface area (Å²) in [6.07, 6.45) is 2.18. The highest BCUT2D eigenvalue weighted by atomic mass is 16.6. The molecule has 2 N–H and O–H groups in total. The number of nitrogens with one attached hydrogen (secondary N) is 1. The molecule has 0 spiro atoms. The lowest BCUT2D eigenvalue weighted by Crippen LogP contribution is -2.56. The van der Waals surface area contributed by atoms with E-state index in [1.807, 2.05) is 30.3 Å². The average molecular weight is 624 g/mol. The summed E-state index contributed by atoms with van der Waals surface area (Å²) in [6.45, 7) is 8.37. The fourth-order valence-corrected chi connectivity index (χ4v) is 5.63. The predicted molar refractivity (Wildman–Crippen MR) is 166 cm³/mol. The van der Waals surface area contributed by atoms with Gasteiger partial charge in [-0.15, -0.1) is 0 Å². The van der Waals surface area contributed by atoms with E-state index in [9.17, 15) is 24.3 Å². The number of carbonyl (C=O) groups is 4. The van der Waals surface area contributed by atoms with Crippen molar-refractivity contribution in [3.63, 3.8) is 0 Å². The van der Waals surface area contributed by atoms with Crippen molar-refractivity contribution in [3.8, 4) is 11.4 Å². The van der Waals surface area contributed by atoms with Crippen molar-refractivity contribution in [2.45, 2.75) is 89.9 Å². The Kier molecular flexibility index (Phi) is 11.5. The molecule has 2 aliphatic rings. The van der Waals surface area contributed by atoms with Crippen LogP contribution >= 0.6 is 0 Å². The molecule has 244 valence electrons. The minimum absolute atomic E-state index is 0.0163. The molecular weight excluding hydrogens is 578 g/mol. The standard InChI is InChI=1S/C33H45N5O7/c1-5-44-32(43)38-19-17-37(18-20-38)31(42)24(15-16-28(40)45-33(2,3)4)36-30(41)26-21-25(23-13-9-10-14-27(23)39)34-29(35-26)22-11-7-6-8-12-22/h6-8,11-12,21,23-24,27,39H,5,9-10,13-20H2,1-4H3,(H,36,41)/t23?,24-,27?/m0/s1. The van der Waals surface area contributed by atoms with Gasteiger partial charge >= 0.3 is 12.1 Å². The first-order valence-electron chi connectivity index (χ1n) is 15.8. The molecule has 45 heavy (non-hydrogen) atoms. The summed E-state index contributed by atoms with van der Waals surface area (Å²) in [5.41, 5.74) is 0.667. The summed E-state index contributed by atoms with van der Waals surface area (Å²) < 4.78 is 10.5. The summed E-state index contributed by atoms with van der Waals surface area (Å²) in [6, 6.07) is 9.83. The number of amides is 3. The van der Waals surface area contributed by atoms with Gasteiger partial charge in [-0.3, -0.25) is 14.4 Å². The molecule has 0 bridgehead atoms. The maximum absolute atomic E-state index is 13.8. The molecule has 2 heterocycles. The number of hydrogen-bond acceptors (Lipinski definition) is 9. The molecule has 1 aromatic carbocycles. The number of piperazine rings is 1. The van der Waals surface area contributed by atoms with E-state index < -0.39 is 35.7 Å². The van der Waals surface area contributed by atoms with Gasteiger partial charge in [-0.2, -0.15) is 0 Å². The lowest BCUT2D eigenvalue weighted by atomic mass is 9.84. The van der Waals surface area contributed by atoms with Crippen LogP contribution in [-0.4, -0.2) is 99.3 Å². The third-order valence-electron chi connectivity index (χ3n) is 7.90. The maximum Gasteiger partial charge on any atom is 0.409 e. The SMILES string of the molecule is CCOC(=O)N1CCN(C(=O)[C@H](CCC(=O)OC(C)(C)C)NC(=O)c2cc(C3CCCCC3O)nc(-c3ccccc3)n2)CC1. The van der Waals surface area contributed by atoms with Crippen LogP contribution in [0.5, 0.6) is 0 Å². The number of hydrogen-bond donors (Lipinski definition) is 2. The Hall–Kier alpha value is -4.06. The molecule has 12 nitrogen and oxygen atoms in total. The number of benzene rings is 1. The van der Waals surface area contributed by atoms with Gasteiger partial charge in [0.05, 0.1) is 18.4 Å². The zero-order valence-corrected chi connectivity index (χ0v) is 26.7. The first kappa shape index (κ1) is 33.8. The van der Waals surface area contributed by atoms with E-state index in [0.717, 1.165) is 24.8 Å². The predicted octanol–water partition coefficient (Wildman–Crippen LogP) is 3.68. The van der Waals surface area contributed by atoms with Crippen LogP contribution in [0.3, 0.4) is 0 Å². The third kappa shape index (κ3) is 9.46. The van der Waals surface area contributed by atoms with E-state index in [1.54, 1.807) is 38.7 Å². The van der Waals surface area contributed by atoms with E-state index in [0.29, 0.717) is 17.9 Å². The highest BCUT2D eigenvalue weighted by molar-refractivity contribution is 5.96. The molecule has 1 aromatic heterocycles. The Bertz CT molecular complexity index is 1340. The van der Waals surface area contributed by atoms with Crippen molar-refractivity contribution >= 4 is 23.9 Å². The summed E-state index contributed by atoms with van der Waals surface area (Å²) in [5.74, 6) is -1.33. The largest absolute Gasteiger partial charge is 0.460 e. The average Bonchev–Trinajstić information content (AvgIpc) is 3.02. The van der Waals surface area contributed by atoms with Gasteiger partial charge in [0, 0.05) is 44.1 Å². The molecular formula is C33H45N5O7. The van der Waals surface area contributed by atoms with Crippen LogP contribution < -0.4 is 5.32 Å². The van der Waals surface area contributed by atoms with Gasteiger partial charge in [0.2, 0.25) is 5.91 Å². The Labute approximate surface area is 264 Å². The molecule has 12 heteroatoms. The number of aromatic nitrogens is 2. The smallest absolute Gasteiger partial charge is 0.409 e. The van der Waals surface area contributed by atoms with Gasteiger partial charge in [-0.05, 0) is 53.0 Å². The Morgan fingerprint density at radius 1 is 1.00 bits per heavy atom. The zero-order valence-electron chi connectivity index (χ0n) is 26.7. The van der Waals surface area contributed by atoms with Crippen molar-refractivity contribution in [3.05, 3.63) is 47.8 Å². The van der Waals surface area contributed by atoms with E-state index >= 15 is 0 Å². The Morgan fingerprint density at radius 3 is 2.31 bits per heavy atom. The van der Waals surface area contributed by atoms with Gasteiger partial charge in [0.15, 0.2) is 5.82 Å². The van der Waals surface area contributed by atoms with E-state index in [2.05, 4.69) is 10.3 Å². The first-order chi connectivity index (χ1) is 21.4. The van der Waals surface area contributed by atoms with Crippen LogP contribution in [0.15, 0.2) is 36.4 Å². The summed E-state index contributed by atoms with van der Waals surface area (Å²) in [4.78, 5) is 64.7. The normalized spacial score (nSPS) is 19.4. The highest BCUT2D eigenvalue weighted by Gasteiger charge is 2.33. The molecule has 1 saturated carbocycles. The molecule has 3 atom stereocenters. The number of aliphatic hydroxyl groups excluding tert-OH is 1. The van der Waals surface area contributed by atoms with Crippen molar-refractivity contribution in [2.75, 3.05) is 32.8 Å². The summed E-state index contributed by atoms with van der Waals surface area (Å²) in [5, 5.41) is 13.6. The lowest BCUT2D eigenvalue weighted by Gasteiger charge is -2.36. The second-order valence-electron chi connectivity index (χ2n) is 12.5. The van der Waals surface area contributed by atoms with Crippen molar-refractivity contribution in [2.24, 2.45) is 0 Å². The van der Waals surface area contributed by atoms with Crippen LogP contribution in [0.25, 0.3) is 11.4 Å². The molecule has 1 saturated heterocycles. The van der Waals surface area contributed by atoms with Crippen LogP contribution in [-0.2, 0) is 19.1 Å². The van der Waals surface area contributed by atoms with Gasteiger partial charge in [0.1, 0.15) is 17.3 Å². The molecule has 2 fully saturated rings. The highest BCUT2D eigenvalue weighted by Crippen LogP contribution is 2.33. The van der Waals surface area contributed by atoms with Gasteiger partial charge in [-0.25, -0.2) is 14.8 Å². The van der Waals surface area contributed by atoms with Crippen LogP contribution in [0.4, 0.5) is 4.79 Å². The van der Waals surface area contributed by atoms with Crippen LogP contribution in [0, 0.1) is 0 Å². The fraction of sp³-hybridized carbons (Fsp3) is 0.576. The van der Waals surface area contributed by atoms with Gasteiger partial charge in [-0.1, -0.05) is 43.2 Å². The summed E-state index contributed by atoms with van der Waals surface area (Å²) >= 11 is 0. The molecule has 1 aliphatic carbocycles.